The smallest absolute Gasteiger partial charge is 0.245 e. The molecule has 0 radical (unpaired) electrons. The van der Waals surface area contributed by atoms with Gasteiger partial charge in [-0.2, -0.15) is 0 Å². The third kappa shape index (κ3) is 22.3. The van der Waals surface area contributed by atoms with Crippen molar-refractivity contribution >= 4 is 29.3 Å². The molecule has 0 heterocycles. The largest absolute Gasteiger partial charge is 0.394 e. The van der Waals surface area contributed by atoms with E-state index in [1.807, 2.05) is 13.8 Å². The van der Waals surface area contributed by atoms with Crippen LogP contribution in [0.25, 0.3) is 0 Å². The van der Waals surface area contributed by atoms with Gasteiger partial charge in [0.25, 0.3) is 0 Å². The summed E-state index contributed by atoms with van der Waals surface area (Å²) in [5, 5.41) is 27.4. The molecule has 0 aromatic heterocycles. The molecule has 0 aromatic rings. The van der Waals surface area contributed by atoms with Crippen LogP contribution in [0.15, 0.2) is 0 Å². The van der Waals surface area contributed by atoms with Crippen molar-refractivity contribution in [1.29, 1.82) is 0 Å². The first-order valence-corrected chi connectivity index (χ1v) is 18.9. The Morgan fingerprint density at radius 3 is 1.60 bits per heavy atom. The van der Waals surface area contributed by atoms with Gasteiger partial charge in [0.1, 0.15) is 12.1 Å². The lowest BCUT2D eigenvalue weighted by molar-refractivity contribution is -0.135. The molecular formula is C37H70N4O7. The molecule has 0 spiro atoms. The number of nitrogens with two attached hydrogens (primary N) is 1. The van der Waals surface area contributed by atoms with E-state index in [-0.39, 0.29) is 49.1 Å². The van der Waals surface area contributed by atoms with Crippen molar-refractivity contribution < 1.29 is 34.2 Å². The standard InChI is InChI=1S/C37H70N4O7/c1-5-7-8-9-10-11-12-13-14-15-16-17-18-22-35(46)39-32(27-43)37(48)40-30(21-19-20-23-38)34(45)25-29(24-28(3)4)36(47)41-31(26-42)33(44)6-2/h28-32,42-43H,5-27,38H2,1-4H3,(H,39,46)(H,40,48)(H,41,47)/t29-,30+,31+,32+/m1/s1. The average molecular weight is 683 g/mol. The first kappa shape index (κ1) is 45.6. The number of amides is 3. The summed E-state index contributed by atoms with van der Waals surface area (Å²) in [6, 6.07) is -3.19. The Labute approximate surface area is 290 Å². The minimum absolute atomic E-state index is 0.0668. The van der Waals surface area contributed by atoms with Crippen molar-refractivity contribution in [3.05, 3.63) is 0 Å². The van der Waals surface area contributed by atoms with Gasteiger partial charge in [-0.1, -0.05) is 105 Å². The van der Waals surface area contributed by atoms with Crippen LogP contribution in [0.3, 0.4) is 0 Å². The van der Waals surface area contributed by atoms with Crippen LogP contribution in [0.2, 0.25) is 0 Å². The van der Waals surface area contributed by atoms with Crippen LogP contribution < -0.4 is 21.7 Å². The Balaban J connectivity index is 4.95. The van der Waals surface area contributed by atoms with E-state index in [1.54, 1.807) is 6.92 Å². The fourth-order valence-corrected chi connectivity index (χ4v) is 5.84. The highest BCUT2D eigenvalue weighted by Gasteiger charge is 2.31. The summed E-state index contributed by atoms with van der Waals surface area (Å²) in [5.41, 5.74) is 5.64. The van der Waals surface area contributed by atoms with Crippen molar-refractivity contribution in [2.75, 3.05) is 19.8 Å². The van der Waals surface area contributed by atoms with Crippen LogP contribution >= 0.6 is 0 Å². The zero-order chi connectivity index (χ0) is 36.2. The molecule has 11 heteroatoms. The van der Waals surface area contributed by atoms with Crippen molar-refractivity contribution in [1.82, 2.24) is 16.0 Å². The molecular weight excluding hydrogens is 612 g/mol. The number of Topliss-reactive ketones (excluding diaryl/α,β-unsaturated/α-hetero) is 2. The van der Waals surface area contributed by atoms with Crippen LogP contribution in [-0.2, 0) is 24.0 Å². The first-order chi connectivity index (χ1) is 23.0. The van der Waals surface area contributed by atoms with E-state index in [9.17, 15) is 34.2 Å². The number of unbranched alkanes of at least 4 members (excludes halogenated alkanes) is 13. The van der Waals surface area contributed by atoms with Crippen LogP contribution in [0.4, 0.5) is 0 Å². The Morgan fingerprint density at radius 1 is 0.604 bits per heavy atom. The molecule has 0 unspecified atom stereocenters. The maximum Gasteiger partial charge on any atom is 0.245 e. The van der Waals surface area contributed by atoms with Crippen LogP contribution in [0, 0.1) is 11.8 Å². The van der Waals surface area contributed by atoms with E-state index < -0.39 is 49.1 Å². The molecule has 7 N–H and O–H groups in total. The fourth-order valence-electron chi connectivity index (χ4n) is 5.84. The molecule has 4 atom stereocenters. The average Bonchev–Trinajstić information content (AvgIpc) is 3.06. The molecule has 280 valence electrons. The van der Waals surface area contributed by atoms with Gasteiger partial charge in [0.2, 0.25) is 17.7 Å². The van der Waals surface area contributed by atoms with Crippen LogP contribution in [0.5, 0.6) is 0 Å². The number of ketones is 2. The number of aliphatic hydroxyl groups excluding tert-OH is 2. The molecule has 0 bridgehead atoms. The van der Waals surface area contributed by atoms with Gasteiger partial charge in [0, 0.05) is 25.2 Å². The van der Waals surface area contributed by atoms with E-state index in [0.29, 0.717) is 32.2 Å². The molecule has 0 saturated heterocycles. The summed E-state index contributed by atoms with van der Waals surface area (Å²) >= 11 is 0. The lowest BCUT2D eigenvalue weighted by atomic mass is 9.88. The van der Waals surface area contributed by atoms with Crippen molar-refractivity contribution in [3.8, 4) is 0 Å². The van der Waals surface area contributed by atoms with Gasteiger partial charge in [0.05, 0.1) is 19.3 Å². The normalized spacial score (nSPS) is 13.8. The molecule has 0 aliphatic heterocycles. The number of hydrogen-bond donors (Lipinski definition) is 6. The molecule has 0 aromatic carbocycles. The van der Waals surface area contributed by atoms with Gasteiger partial charge in [0.15, 0.2) is 11.6 Å². The second-order valence-electron chi connectivity index (χ2n) is 13.7. The first-order valence-electron chi connectivity index (χ1n) is 18.9. The molecule has 0 rings (SSSR count). The lowest BCUT2D eigenvalue weighted by Gasteiger charge is -2.25. The molecule has 0 fully saturated rings. The topological polar surface area (TPSA) is 188 Å². The maximum absolute atomic E-state index is 13.5. The van der Waals surface area contributed by atoms with Crippen molar-refractivity contribution in [3.63, 3.8) is 0 Å². The Bertz CT molecular complexity index is 899. The molecule has 11 nitrogen and oxygen atoms in total. The van der Waals surface area contributed by atoms with Gasteiger partial charge in [-0.05, 0) is 44.6 Å². The molecule has 3 amide bonds. The number of carbonyl (C=O) groups is 5. The van der Waals surface area contributed by atoms with Gasteiger partial charge in [-0.15, -0.1) is 0 Å². The summed E-state index contributed by atoms with van der Waals surface area (Å²) in [5.74, 6) is -2.86. The third-order valence-corrected chi connectivity index (χ3v) is 8.80. The van der Waals surface area contributed by atoms with Crippen LogP contribution in [-0.4, -0.2) is 77.4 Å². The lowest BCUT2D eigenvalue weighted by Crippen LogP contribution is -2.53. The summed E-state index contributed by atoms with van der Waals surface area (Å²) in [6.07, 6.45) is 17.6. The van der Waals surface area contributed by atoms with Crippen molar-refractivity contribution in [2.45, 2.75) is 174 Å². The predicted octanol–water partition coefficient (Wildman–Crippen LogP) is 4.64. The van der Waals surface area contributed by atoms with Gasteiger partial charge >= 0.3 is 0 Å². The number of aliphatic hydroxyl groups is 2. The number of rotatable bonds is 32. The maximum atomic E-state index is 13.5. The van der Waals surface area contributed by atoms with Gasteiger partial charge in [-0.3, -0.25) is 24.0 Å². The summed E-state index contributed by atoms with van der Waals surface area (Å²) < 4.78 is 0. The number of hydrogen-bond acceptors (Lipinski definition) is 8. The summed E-state index contributed by atoms with van der Waals surface area (Å²) in [7, 11) is 0. The number of carbonyl (C=O) groups excluding carboxylic acids is 5. The number of nitrogens with one attached hydrogen (secondary N) is 3. The second kappa shape index (κ2) is 29.5. The minimum atomic E-state index is -1.20. The molecule has 48 heavy (non-hydrogen) atoms. The highest BCUT2D eigenvalue weighted by molar-refractivity contribution is 5.95. The molecule has 0 aliphatic carbocycles. The quantitative estimate of drug-likeness (QED) is 0.0554. The zero-order valence-electron chi connectivity index (χ0n) is 30.7. The van der Waals surface area contributed by atoms with Crippen molar-refractivity contribution in [2.24, 2.45) is 17.6 Å². The van der Waals surface area contributed by atoms with Gasteiger partial charge in [-0.25, -0.2) is 0 Å². The summed E-state index contributed by atoms with van der Waals surface area (Å²) in [6.45, 7) is 6.97. The van der Waals surface area contributed by atoms with E-state index in [1.165, 1.54) is 57.8 Å². The SMILES string of the molecule is CCCCCCCCCCCCCCCC(=O)N[C@@H](CO)C(=O)N[C@@H](CCCCN)C(=O)C[C@@H](CC(C)C)C(=O)N[C@@H](CO)C(=O)CC. The molecule has 0 aliphatic rings. The second-order valence-corrected chi connectivity index (χ2v) is 13.7. The Hall–Kier alpha value is -2.37. The monoisotopic (exact) mass is 683 g/mol. The zero-order valence-corrected chi connectivity index (χ0v) is 30.7. The van der Waals surface area contributed by atoms with E-state index in [4.69, 9.17) is 5.73 Å². The van der Waals surface area contributed by atoms with Gasteiger partial charge < -0.3 is 31.9 Å². The van der Waals surface area contributed by atoms with E-state index >= 15 is 0 Å². The van der Waals surface area contributed by atoms with E-state index in [0.717, 1.165) is 19.3 Å². The third-order valence-electron chi connectivity index (χ3n) is 8.80. The highest BCUT2D eigenvalue weighted by atomic mass is 16.3. The Kier molecular flexibility index (Phi) is 28.1. The predicted molar refractivity (Wildman–Crippen MR) is 191 cm³/mol. The Morgan fingerprint density at radius 2 is 1.12 bits per heavy atom. The fraction of sp³-hybridized carbons (Fsp3) is 0.865. The van der Waals surface area contributed by atoms with Crippen LogP contribution in [0.1, 0.15) is 156 Å². The summed E-state index contributed by atoms with van der Waals surface area (Å²) in [4.78, 5) is 64.4. The van der Waals surface area contributed by atoms with E-state index in [2.05, 4.69) is 22.9 Å². The minimum Gasteiger partial charge on any atom is -0.394 e. The highest BCUT2D eigenvalue weighted by Crippen LogP contribution is 2.19. The molecule has 0 saturated carbocycles.